The highest BCUT2D eigenvalue weighted by atomic mass is 35.5. The largest absolute Gasteiger partial charge is 0.487 e. The van der Waals surface area contributed by atoms with Crippen molar-refractivity contribution in [3.8, 4) is 5.75 Å². The molecule has 0 saturated heterocycles. The van der Waals surface area contributed by atoms with Crippen LogP contribution in [0.2, 0.25) is 5.02 Å². The van der Waals surface area contributed by atoms with Gasteiger partial charge in [0.15, 0.2) is 0 Å². The van der Waals surface area contributed by atoms with Crippen LogP contribution in [0.4, 0.5) is 0 Å². The first-order valence-electron chi connectivity index (χ1n) is 5.86. The number of aromatic nitrogens is 2. The van der Waals surface area contributed by atoms with E-state index in [1.54, 1.807) is 4.68 Å². The molecule has 0 N–H and O–H groups in total. The van der Waals surface area contributed by atoms with Crippen LogP contribution in [0.1, 0.15) is 22.5 Å². The van der Waals surface area contributed by atoms with Gasteiger partial charge in [0.05, 0.1) is 16.4 Å². The average molecular weight is 265 g/mol. The Hall–Kier alpha value is -1.48. The smallest absolute Gasteiger partial charge is 0.131 e. The summed E-state index contributed by atoms with van der Waals surface area (Å²) < 4.78 is 7.55. The minimum Gasteiger partial charge on any atom is -0.487 e. The number of hydrogen-bond donors (Lipinski definition) is 0. The molecule has 96 valence electrons. The quantitative estimate of drug-likeness (QED) is 0.847. The van der Waals surface area contributed by atoms with Gasteiger partial charge in [-0.2, -0.15) is 5.10 Å². The summed E-state index contributed by atoms with van der Waals surface area (Å²) >= 11 is 6.18. The highest BCUT2D eigenvalue weighted by Crippen LogP contribution is 2.22. The summed E-state index contributed by atoms with van der Waals surface area (Å²) in [6.45, 7) is 6.43. The minimum atomic E-state index is 0.430. The van der Waals surface area contributed by atoms with Crippen molar-refractivity contribution < 1.29 is 4.74 Å². The molecular weight excluding hydrogens is 248 g/mol. The number of ether oxygens (including phenoxy) is 1. The average Bonchev–Trinajstić information content (AvgIpc) is 2.50. The molecule has 3 nitrogen and oxygen atoms in total. The Morgan fingerprint density at radius 1 is 1.17 bits per heavy atom. The molecule has 1 heterocycles. The molecule has 0 aliphatic heterocycles. The number of aryl methyl sites for hydroxylation is 4. The van der Waals surface area contributed by atoms with Crippen molar-refractivity contribution in [3.05, 3.63) is 45.7 Å². The van der Waals surface area contributed by atoms with Crippen LogP contribution in [0.15, 0.2) is 18.2 Å². The third-order valence-corrected chi connectivity index (χ3v) is 3.32. The van der Waals surface area contributed by atoms with E-state index in [4.69, 9.17) is 16.3 Å². The van der Waals surface area contributed by atoms with E-state index >= 15 is 0 Å². The van der Waals surface area contributed by atoms with E-state index in [2.05, 4.69) is 25.0 Å². The molecule has 0 aliphatic carbocycles. The Labute approximate surface area is 112 Å². The maximum Gasteiger partial charge on any atom is 0.131 e. The van der Waals surface area contributed by atoms with E-state index in [9.17, 15) is 0 Å². The third-order valence-electron chi connectivity index (χ3n) is 2.83. The molecule has 0 bridgehead atoms. The second-order valence-electron chi connectivity index (χ2n) is 4.58. The first-order chi connectivity index (χ1) is 8.47. The van der Waals surface area contributed by atoms with Gasteiger partial charge in [-0.05, 0) is 44.0 Å². The molecule has 0 fully saturated rings. The number of halogens is 1. The van der Waals surface area contributed by atoms with Crippen LogP contribution < -0.4 is 4.74 Å². The SMILES string of the molecule is Cc1cc(C)cc(OCc2c(Cl)c(C)nn2C)c1. The van der Waals surface area contributed by atoms with Crippen LogP contribution in [0.25, 0.3) is 0 Å². The zero-order valence-corrected chi connectivity index (χ0v) is 11.9. The maximum atomic E-state index is 6.18. The van der Waals surface area contributed by atoms with Crippen LogP contribution in [-0.2, 0) is 13.7 Å². The molecule has 0 radical (unpaired) electrons. The molecule has 0 saturated carbocycles. The first-order valence-corrected chi connectivity index (χ1v) is 6.24. The van der Waals surface area contributed by atoms with Crippen LogP contribution in [-0.4, -0.2) is 9.78 Å². The molecule has 0 amide bonds. The minimum absolute atomic E-state index is 0.430. The van der Waals surface area contributed by atoms with E-state index in [0.29, 0.717) is 11.6 Å². The monoisotopic (exact) mass is 264 g/mol. The number of benzene rings is 1. The second kappa shape index (κ2) is 5.02. The highest BCUT2D eigenvalue weighted by Gasteiger charge is 2.11. The molecule has 0 aliphatic rings. The van der Waals surface area contributed by atoms with Crippen molar-refractivity contribution in [1.82, 2.24) is 9.78 Å². The lowest BCUT2D eigenvalue weighted by Gasteiger charge is -2.08. The van der Waals surface area contributed by atoms with Crippen molar-refractivity contribution in [2.45, 2.75) is 27.4 Å². The van der Waals surface area contributed by atoms with Gasteiger partial charge < -0.3 is 4.74 Å². The molecule has 2 rings (SSSR count). The van der Waals surface area contributed by atoms with E-state index in [-0.39, 0.29) is 0 Å². The molecule has 18 heavy (non-hydrogen) atoms. The number of nitrogens with zero attached hydrogens (tertiary/aromatic N) is 2. The van der Waals surface area contributed by atoms with E-state index < -0.39 is 0 Å². The zero-order valence-electron chi connectivity index (χ0n) is 11.1. The fourth-order valence-corrected chi connectivity index (χ4v) is 2.22. The summed E-state index contributed by atoms with van der Waals surface area (Å²) in [6, 6.07) is 6.16. The van der Waals surface area contributed by atoms with Crippen molar-refractivity contribution >= 4 is 11.6 Å². The van der Waals surface area contributed by atoms with Crippen molar-refractivity contribution in [3.63, 3.8) is 0 Å². The molecular formula is C14H17ClN2O. The van der Waals surface area contributed by atoms with Gasteiger partial charge in [0, 0.05) is 7.05 Å². The summed E-state index contributed by atoms with van der Waals surface area (Å²) in [5.74, 6) is 0.863. The second-order valence-corrected chi connectivity index (χ2v) is 4.96. The number of rotatable bonds is 3. The molecule has 0 atom stereocenters. The van der Waals surface area contributed by atoms with Gasteiger partial charge >= 0.3 is 0 Å². The summed E-state index contributed by atoms with van der Waals surface area (Å²) in [7, 11) is 1.87. The topological polar surface area (TPSA) is 27.1 Å². The molecule has 0 unspecified atom stereocenters. The van der Waals surface area contributed by atoms with Gasteiger partial charge in [-0.25, -0.2) is 0 Å². The van der Waals surface area contributed by atoms with Crippen molar-refractivity contribution in [2.24, 2.45) is 7.05 Å². The normalized spacial score (nSPS) is 10.7. The Morgan fingerprint density at radius 3 is 2.28 bits per heavy atom. The highest BCUT2D eigenvalue weighted by molar-refractivity contribution is 6.31. The standard InChI is InChI=1S/C14H17ClN2O/c1-9-5-10(2)7-12(6-9)18-8-13-14(15)11(3)16-17(13)4/h5-7H,8H2,1-4H3. The van der Waals surface area contributed by atoms with Crippen molar-refractivity contribution in [1.29, 1.82) is 0 Å². The fraction of sp³-hybridized carbons (Fsp3) is 0.357. The van der Waals surface area contributed by atoms with Crippen LogP contribution in [0.3, 0.4) is 0 Å². The van der Waals surface area contributed by atoms with Gasteiger partial charge in [0.1, 0.15) is 12.4 Å². The molecule has 2 aromatic rings. The van der Waals surface area contributed by atoms with Gasteiger partial charge in [-0.1, -0.05) is 17.7 Å². The van der Waals surface area contributed by atoms with Gasteiger partial charge in [0.25, 0.3) is 0 Å². The fourth-order valence-electron chi connectivity index (χ4n) is 2.00. The molecule has 0 spiro atoms. The maximum absolute atomic E-state index is 6.18. The first kappa shape index (κ1) is 13.0. The van der Waals surface area contributed by atoms with Crippen LogP contribution in [0.5, 0.6) is 5.75 Å². The lowest BCUT2D eigenvalue weighted by Crippen LogP contribution is -2.03. The van der Waals surface area contributed by atoms with Crippen molar-refractivity contribution in [2.75, 3.05) is 0 Å². The molecule has 4 heteroatoms. The Morgan fingerprint density at radius 2 is 1.78 bits per heavy atom. The lowest BCUT2D eigenvalue weighted by molar-refractivity contribution is 0.294. The van der Waals surface area contributed by atoms with Gasteiger partial charge in [-0.3, -0.25) is 4.68 Å². The third kappa shape index (κ3) is 2.67. The zero-order chi connectivity index (χ0) is 13.3. The number of hydrogen-bond acceptors (Lipinski definition) is 2. The predicted octanol–water partition coefficient (Wildman–Crippen LogP) is 3.58. The Bertz CT molecular complexity index is 555. The van der Waals surface area contributed by atoms with E-state index in [1.807, 2.05) is 26.1 Å². The Kier molecular flexibility index (Phi) is 3.62. The summed E-state index contributed by atoms with van der Waals surface area (Å²) in [4.78, 5) is 0. The summed E-state index contributed by atoms with van der Waals surface area (Å²) in [6.07, 6.45) is 0. The van der Waals surface area contributed by atoms with Gasteiger partial charge in [-0.15, -0.1) is 0 Å². The van der Waals surface area contributed by atoms with E-state index in [0.717, 1.165) is 17.1 Å². The van der Waals surface area contributed by atoms with Crippen LogP contribution >= 0.6 is 11.6 Å². The molecule has 1 aromatic heterocycles. The van der Waals surface area contributed by atoms with E-state index in [1.165, 1.54) is 11.1 Å². The van der Waals surface area contributed by atoms with Gasteiger partial charge in [0.2, 0.25) is 0 Å². The summed E-state index contributed by atoms with van der Waals surface area (Å²) in [5.41, 5.74) is 4.11. The predicted molar refractivity (Wildman–Crippen MR) is 73.2 cm³/mol. The van der Waals surface area contributed by atoms with Crippen LogP contribution in [0, 0.1) is 20.8 Å². The lowest BCUT2D eigenvalue weighted by atomic mass is 10.1. The molecule has 1 aromatic carbocycles. The Balaban J connectivity index is 2.16. The summed E-state index contributed by atoms with van der Waals surface area (Å²) in [5, 5.41) is 4.95.